The van der Waals surface area contributed by atoms with Gasteiger partial charge in [0.2, 0.25) is 5.91 Å². The summed E-state index contributed by atoms with van der Waals surface area (Å²) in [6, 6.07) is -0.0169. The maximum absolute atomic E-state index is 11.5. The van der Waals surface area contributed by atoms with Crippen LogP contribution in [0.5, 0.6) is 0 Å². The average molecular weight is 221 g/mol. The van der Waals surface area contributed by atoms with Crippen molar-refractivity contribution in [2.45, 2.75) is 33.7 Å². The van der Waals surface area contributed by atoms with Crippen molar-refractivity contribution < 1.29 is 4.79 Å². The van der Waals surface area contributed by atoms with Crippen LogP contribution in [0.3, 0.4) is 0 Å². The number of nitrogens with one attached hydrogen (secondary N) is 1. The first-order valence-corrected chi connectivity index (χ1v) is 5.35. The minimum absolute atomic E-state index is 0.0169. The highest BCUT2D eigenvalue weighted by molar-refractivity contribution is 5.88. The number of allylic oxidation sites excluding steroid dienone is 1. The zero-order valence-electron chi connectivity index (χ0n) is 10.5. The van der Waals surface area contributed by atoms with Gasteiger partial charge in [-0.05, 0) is 27.7 Å². The highest BCUT2D eigenvalue weighted by Gasteiger charge is 2.13. The van der Waals surface area contributed by atoms with Crippen molar-refractivity contribution in [3.05, 3.63) is 29.1 Å². The van der Waals surface area contributed by atoms with Crippen molar-refractivity contribution in [1.82, 2.24) is 15.1 Å². The molecule has 88 valence electrons. The summed E-state index contributed by atoms with van der Waals surface area (Å²) in [5.74, 6) is -0.0595. The Balaban J connectivity index is 2.73. The van der Waals surface area contributed by atoms with Gasteiger partial charge in [-0.2, -0.15) is 5.10 Å². The Morgan fingerprint density at radius 1 is 1.56 bits per heavy atom. The number of carbonyl (C=O) groups is 1. The van der Waals surface area contributed by atoms with Gasteiger partial charge in [-0.25, -0.2) is 0 Å². The molecule has 1 atom stereocenters. The molecular weight excluding hydrogens is 202 g/mol. The Morgan fingerprint density at radius 2 is 2.19 bits per heavy atom. The molecule has 0 fully saturated rings. The van der Waals surface area contributed by atoms with Gasteiger partial charge >= 0.3 is 0 Å². The number of amides is 1. The maximum Gasteiger partial charge on any atom is 0.244 e. The quantitative estimate of drug-likeness (QED) is 0.792. The van der Waals surface area contributed by atoms with Crippen molar-refractivity contribution in [2.75, 3.05) is 0 Å². The molecule has 0 radical (unpaired) electrons. The summed E-state index contributed by atoms with van der Waals surface area (Å²) in [7, 11) is 1.89. The van der Waals surface area contributed by atoms with Crippen LogP contribution in [-0.4, -0.2) is 15.7 Å². The van der Waals surface area contributed by atoms with E-state index in [2.05, 4.69) is 10.4 Å². The first kappa shape index (κ1) is 12.5. The number of hydrogen-bond donors (Lipinski definition) is 1. The summed E-state index contributed by atoms with van der Waals surface area (Å²) in [5.41, 5.74) is 3.12. The smallest absolute Gasteiger partial charge is 0.244 e. The molecule has 0 saturated heterocycles. The highest BCUT2D eigenvalue weighted by Crippen LogP contribution is 2.15. The maximum atomic E-state index is 11.5. The first-order valence-electron chi connectivity index (χ1n) is 5.35. The van der Waals surface area contributed by atoms with Crippen LogP contribution in [0.2, 0.25) is 0 Å². The molecule has 0 aliphatic carbocycles. The summed E-state index contributed by atoms with van der Waals surface area (Å²) in [6.45, 7) is 7.76. The van der Waals surface area contributed by atoms with Gasteiger partial charge < -0.3 is 5.32 Å². The largest absolute Gasteiger partial charge is 0.346 e. The number of aromatic nitrogens is 2. The number of rotatable bonds is 3. The van der Waals surface area contributed by atoms with Crippen LogP contribution in [-0.2, 0) is 11.8 Å². The van der Waals surface area contributed by atoms with Crippen molar-refractivity contribution in [3.63, 3.8) is 0 Å². The van der Waals surface area contributed by atoms with Gasteiger partial charge in [0.25, 0.3) is 0 Å². The van der Waals surface area contributed by atoms with Gasteiger partial charge in [0.1, 0.15) is 0 Å². The molecule has 0 aromatic carbocycles. The minimum atomic E-state index is -0.0595. The van der Waals surface area contributed by atoms with E-state index in [0.29, 0.717) is 0 Å². The first-order chi connectivity index (χ1) is 7.41. The van der Waals surface area contributed by atoms with Crippen molar-refractivity contribution in [3.8, 4) is 0 Å². The fourth-order valence-electron chi connectivity index (χ4n) is 1.54. The third-order valence-corrected chi connectivity index (χ3v) is 2.52. The lowest BCUT2D eigenvalue weighted by Gasteiger charge is -2.12. The molecular formula is C12H19N3O. The lowest BCUT2D eigenvalue weighted by atomic mass is 10.1. The summed E-state index contributed by atoms with van der Waals surface area (Å²) in [4.78, 5) is 11.5. The molecule has 0 aliphatic heterocycles. The topological polar surface area (TPSA) is 46.9 Å². The Hall–Kier alpha value is -1.58. The second kappa shape index (κ2) is 4.96. The molecule has 0 bridgehead atoms. The van der Waals surface area contributed by atoms with E-state index in [1.807, 2.05) is 34.7 Å². The number of nitrogens with zero attached hydrogens (tertiary/aromatic N) is 2. The van der Waals surface area contributed by atoms with E-state index >= 15 is 0 Å². The number of hydrogen-bond acceptors (Lipinski definition) is 2. The van der Waals surface area contributed by atoms with E-state index in [-0.39, 0.29) is 11.9 Å². The van der Waals surface area contributed by atoms with Gasteiger partial charge in [-0.3, -0.25) is 9.48 Å². The van der Waals surface area contributed by atoms with Crippen LogP contribution in [0.4, 0.5) is 0 Å². The predicted octanol–water partition coefficient (Wildman–Crippen LogP) is 1.87. The fraction of sp³-hybridized carbons (Fsp3) is 0.500. The molecule has 0 spiro atoms. The molecule has 1 rings (SSSR count). The summed E-state index contributed by atoms with van der Waals surface area (Å²) < 4.78 is 1.80. The van der Waals surface area contributed by atoms with Crippen molar-refractivity contribution in [1.29, 1.82) is 0 Å². The number of aryl methyl sites for hydroxylation is 1. The standard InChI is InChI=1S/C12H19N3O/c1-8(2)6-12(16)14-9(3)11-7-13-15(5)10(11)4/h6-7,9H,1-5H3,(H,14,16)/t9-/m1/s1. The zero-order valence-corrected chi connectivity index (χ0v) is 10.5. The SMILES string of the molecule is CC(C)=CC(=O)N[C@H](C)c1cnn(C)c1C. The fourth-order valence-corrected chi connectivity index (χ4v) is 1.54. The second-order valence-corrected chi connectivity index (χ2v) is 4.26. The Bertz CT molecular complexity index is 414. The van der Waals surface area contributed by atoms with Gasteiger partial charge in [-0.1, -0.05) is 5.57 Å². The predicted molar refractivity (Wildman–Crippen MR) is 63.9 cm³/mol. The lowest BCUT2D eigenvalue weighted by Crippen LogP contribution is -2.25. The molecule has 1 heterocycles. The van der Waals surface area contributed by atoms with Crippen LogP contribution >= 0.6 is 0 Å². The van der Waals surface area contributed by atoms with Crippen molar-refractivity contribution in [2.24, 2.45) is 7.05 Å². The van der Waals surface area contributed by atoms with E-state index in [4.69, 9.17) is 0 Å². The molecule has 1 aromatic rings. The molecule has 16 heavy (non-hydrogen) atoms. The summed E-state index contributed by atoms with van der Waals surface area (Å²) in [6.07, 6.45) is 3.39. The van der Waals surface area contributed by atoms with Gasteiger partial charge in [-0.15, -0.1) is 0 Å². The molecule has 0 saturated carbocycles. The van der Waals surface area contributed by atoms with Gasteiger partial charge in [0.15, 0.2) is 0 Å². The molecule has 0 unspecified atom stereocenters. The second-order valence-electron chi connectivity index (χ2n) is 4.26. The van der Waals surface area contributed by atoms with E-state index in [9.17, 15) is 4.79 Å². The number of carbonyl (C=O) groups excluding carboxylic acids is 1. The summed E-state index contributed by atoms with van der Waals surface area (Å²) in [5, 5.41) is 7.07. The van der Waals surface area contributed by atoms with Gasteiger partial charge in [0.05, 0.1) is 12.2 Å². The summed E-state index contributed by atoms with van der Waals surface area (Å²) >= 11 is 0. The third-order valence-electron chi connectivity index (χ3n) is 2.52. The molecule has 4 nitrogen and oxygen atoms in total. The van der Waals surface area contributed by atoms with Crippen LogP contribution in [0.25, 0.3) is 0 Å². The Morgan fingerprint density at radius 3 is 2.62 bits per heavy atom. The van der Waals surface area contributed by atoms with E-state index in [1.54, 1.807) is 17.0 Å². The van der Waals surface area contributed by atoms with E-state index in [1.165, 1.54) is 0 Å². The highest BCUT2D eigenvalue weighted by atomic mass is 16.1. The zero-order chi connectivity index (χ0) is 12.3. The van der Waals surface area contributed by atoms with Crippen LogP contribution < -0.4 is 5.32 Å². The Labute approximate surface area is 96.3 Å². The van der Waals surface area contributed by atoms with Crippen LogP contribution in [0.15, 0.2) is 17.8 Å². The Kier molecular flexibility index (Phi) is 3.88. The minimum Gasteiger partial charge on any atom is -0.346 e. The molecule has 1 amide bonds. The third kappa shape index (κ3) is 2.95. The van der Waals surface area contributed by atoms with Crippen LogP contribution in [0, 0.1) is 6.92 Å². The van der Waals surface area contributed by atoms with Gasteiger partial charge in [0, 0.05) is 24.4 Å². The van der Waals surface area contributed by atoms with Crippen molar-refractivity contribution >= 4 is 5.91 Å². The average Bonchev–Trinajstić information content (AvgIpc) is 2.45. The molecule has 1 N–H and O–H groups in total. The lowest BCUT2D eigenvalue weighted by molar-refractivity contribution is -0.117. The van der Waals surface area contributed by atoms with E-state index in [0.717, 1.165) is 16.8 Å². The molecule has 4 heteroatoms. The van der Waals surface area contributed by atoms with E-state index < -0.39 is 0 Å². The monoisotopic (exact) mass is 221 g/mol. The van der Waals surface area contributed by atoms with Crippen LogP contribution in [0.1, 0.15) is 38.1 Å². The molecule has 0 aliphatic rings. The molecule has 1 aromatic heterocycles. The normalized spacial score (nSPS) is 12.1.